The summed E-state index contributed by atoms with van der Waals surface area (Å²) < 4.78 is 13.2. The summed E-state index contributed by atoms with van der Waals surface area (Å²) in [6, 6.07) is 10.8. The minimum atomic E-state index is -0.361. The molecule has 3 N–H and O–H groups in total. The minimum Gasteiger partial charge on any atom is -0.352 e. The number of hydrogen-bond donors (Lipinski definition) is 3. The summed E-state index contributed by atoms with van der Waals surface area (Å²) in [5.74, 6) is -1.26. The molecule has 0 fully saturated rings. The predicted molar refractivity (Wildman–Crippen MR) is 97.5 cm³/mol. The zero-order chi connectivity index (χ0) is 19.1. The van der Waals surface area contributed by atoms with E-state index in [4.69, 9.17) is 0 Å². The summed E-state index contributed by atoms with van der Waals surface area (Å²) in [6.45, 7) is 3.02. The highest BCUT2D eigenvalue weighted by atomic mass is 19.1. The Labute approximate surface area is 150 Å². The standard InChI is InChI=1S/C19H20FN3O3/c1-12(24)22-17-9-15(10-18(11-17)23-13(2)25)19(26)21-7-6-14-4-3-5-16(20)8-14/h3-5,8-11H,6-7H2,1-2H3,(H,21,26)(H,22,24)(H,23,25). The van der Waals surface area contributed by atoms with Gasteiger partial charge in [0.1, 0.15) is 5.82 Å². The SMILES string of the molecule is CC(=O)Nc1cc(NC(C)=O)cc(C(=O)NCCc2cccc(F)c2)c1. The lowest BCUT2D eigenvalue weighted by Gasteiger charge is -2.11. The van der Waals surface area contributed by atoms with Crippen LogP contribution in [0.25, 0.3) is 0 Å². The van der Waals surface area contributed by atoms with Crippen LogP contribution >= 0.6 is 0 Å². The number of amides is 3. The minimum absolute atomic E-state index is 0.289. The third-order valence-corrected chi connectivity index (χ3v) is 3.42. The van der Waals surface area contributed by atoms with E-state index in [1.54, 1.807) is 18.2 Å². The lowest BCUT2D eigenvalue weighted by Crippen LogP contribution is -2.26. The Hall–Kier alpha value is -3.22. The lowest BCUT2D eigenvalue weighted by atomic mass is 10.1. The number of nitrogens with one attached hydrogen (secondary N) is 3. The van der Waals surface area contributed by atoms with Gasteiger partial charge in [0.05, 0.1) is 0 Å². The van der Waals surface area contributed by atoms with Gasteiger partial charge in [-0.1, -0.05) is 12.1 Å². The first-order valence-electron chi connectivity index (χ1n) is 8.06. The average Bonchev–Trinajstić information content (AvgIpc) is 2.53. The van der Waals surface area contributed by atoms with Gasteiger partial charge in [0.2, 0.25) is 11.8 Å². The zero-order valence-corrected chi connectivity index (χ0v) is 14.6. The van der Waals surface area contributed by atoms with Gasteiger partial charge in [0.15, 0.2) is 0 Å². The Balaban J connectivity index is 2.08. The molecule has 2 aromatic carbocycles. The molecule has 136 valence electrons. The second-order valence-electron chi connectivity index (χ2n) is 5.80. The molecule has 0 aromatic heterocycles. The number of carbonyl (C=O) groups is 3. The normalized spacial score (nSPS) is 10.1. The van der Waals surface area contributed by atoms with Crippen LogP contribution in [0.1, 0.15) is 29.8 Å². The van der Waals surface area contributed by atoms with Gasteiger partial charge in [-0.3, -0.25) is 14.4 Å². The Morgan fingerprint density at radius 1 is 0.923 bits per heavy atom. The van der Waals surface area contributed by atoms with Crippen LogP contribution in [0, 0.1) is 5.82 Å². The molecule has 7 heteroatoms. The van der Waals surface area contributed by atoms with Crippen LogP contribution in [0.3, 0.4) is 0 Å². The van der Waals surface area contributed by atoms with E-state index in [2.05, 4.69) is 16.0 Å². The summed E-state index contributed by atoms with van der Waals surface area (Å²) in [6.07, 6.45) is 0.480. The molecular formula is C19H20FN3O3. The molecule has 6 nitrogen and oxygen atoms in total. The summed E-state index contributed by atoms with van der Waals surface area (Å²) in [5, 5.41) is 7.92. The maximum absolute atomic E-state index is 13.2. The van der Waals surface area contributed by atoms with Gasteiger partial charge in [-0.05, 0) is 42.3 Å². The van der Waals surface area contributed by atoms with Crippen molar-refractivity contribution in [3.8, 4) is 0 Å². The van der Waals surface area contributed by atoms with Crippen molar-refractivity contribution in [2.24, 2.45) is 0 Å². The molecular weight excluding hydrogens is 337 g/mol. The molecule has 26 heavy (non-hydrogen) atoms. The van der Waals surface area contributed by atoms with Gasteiger partial charge in [-0.25, -0.2) is 4.39 Å². The number of halogens is 1. The smallest absolute Gasteiger partial charge is 0.251 e. The van der Waals surface area contributed by atoms with Gasteiger partial charge in [-0.2, -0.15) is 0 Å². The van der Waals surface area contributed by atoms with Crippen molar-refractivity contribution >= 4 is 29.1 Å². The van der Waals surface area contributed by atoms with Crippen molar-refractivity contribution < 1.29 is 18.8 Å². The number of rotatable bonds is 6. The highest BCUT2D eigenvalue weighted by Crippen LogP contribution is 2.19. The van der Waals surface area contributed by atoms with Gasteiger partial charge >= 0.3 is 0 Å². The molecule has 0 bridgehead atoms. The quantitative estimate of drug-likeness (QED) is 0.743. The van der Waals surface area contributed by atoms with Crippen LogP contribution in [0.4, 0.5) is 15.8 Å². The topological polar surface area (TPSA) is 87.3 Å². The van der Waals surface area contributed by atoms with Crippen molar-refractivity contribution in [3.63, 3.8) is 0 Å². The van der Waals surface area contributed by atoms with E-state index in [1.165, 1.54) is 38.1 Å². The fourth-order valence-electron chi connectivity index (χ4n) is 2.42. The molecule has 0 unspecified atom stereocenters. The Morgan fingerprint density at radius 2 is 1.54 bits per heavy atom. The van der Waals surface area contributed by atoms with Crippen LogP contribution in [0.15, 0.2) is 42.5 Å². The van der Waals surface area contributed by atoms with E-state index in [0.29, 0.717) is 29.9 Å². The van der Waals surface area contributed by atoms with Gasteiger partial charge in [-0.15, -0.1) is 0 Å². The van der Waals surface area contributed by atoms with Gasteiger partial charge in [0.25, 0.3) is 5.91 Å². The van der Waals surface area contributed by atoms with Gasteiger partial charge < -0.3 is 16.0 Å². The third-order valence-electron chi connectivity index (χ3n) is 3.42. The second kappa shape index (κ2) is 8.75. The number of benzene rings is 2. The fraction of sp³-hybridized carbons (Fsp3) is 0.211. The summed E-state index contributed by atoms with van der Waals surface area (Å²) in [7, 11) is 0. The summed E-state index contributed by atoms with van der Waals surface area (Å²) in [4.78, 5) is 34.9. The summed E-state index contributed by atoms with van der Waals surface area (Å²) >= 11 is 0. The number of carbonyl (C=O) groups excluding carboxylic acids is 3. The van der Waals surface area contributed by atoms with Crippen LogP contribution < -0.4 is 16.0 Å². The third kappa shape index (κ3) is 6.01. The average molecular weight is 357 g/mol. The number of anilines is 2. The summed E-state index contributed by atoms with van der Waals surface area (Å²) in [5.41, 5.74) is 1.87. The maximum atomic E-state index is 13.2. The molecule has 0 aliphatic carbocycles. The molecule has 0 atom stereocenters. The van der Waals surface area contributed by atoms with Crippen LogP contribution in [0.5, 0.6) is 0 Å². The van der Waals surface area contributed by atoms with Crippen LogP contribution in [-0.2, 0) is 16.0 Å². The molecule has 0 aliphatic rings. The van der Waals surface area contributed by atoms with E-state index >= 15 is 0 Å². The largest absolute Gasteiger partial charge is 0.352 e. The van der Waals surface area contributed by atoms with Gasteiger partial charge in [0, 0.05) is 37.3 Å². The highest BCUT2D eigenvalue weighted by Gasteiger charge is 2.10. The molecule has 0 aliphatic heterocycles. The van der Waals surface area contributed by atoms with E-state index in [-0.39, 0.29) is 23.5 Å². The van der Waals surface area contributed by atoms with Crippen molar-refractivity contribution in [2.45, 2.75) is 20.3 Å². The van der Waals surface area contributed by atoms with E-state index < -0.39 is 0 Å². The molecule has 0 heterocycles. The second-order valence-corrected chi connectivity index (χ2v) is 5.80. The molecule has 2 aromatic rings. The van der Waals surface area contributed by atoms with Crippen molar-refractivity contribution in [1.29, 1.82) is 0 Å². The first-order valence-corrected chi connectivity index (χ1v) is 8.06. The van der Waals surface area contributed by atoms with E-state index in [9.17, 15) is 18.8 Å². The zero-order valence-electron chi connectivity index (χ0n) is 14.6. The van der Waals surface area contributed by atoms with Crippen molar-refractivity contribution in [2.75, 3.05) is 17.2 Å². The monoisotopic (exact) mass is 357 g/mol. The molecule has 0 saturated carbocycles. The van der Waals surface area contributed by atoms with Crippen LogP contribution in [-0.4, -0.2) is 24.3 Å². The van der Waals surface area contributed by atoms with Crippen molar-refractivity contribution in [3.05, 3.63) is 59.4 Å². The lowest BCUT2D eigenvalue weighted by molar-refractivity contribution is -0.115. The Morgan fingerprint density at radius 3 is 2.08 bits per heavy atom. The first kappa shape index (κ1) is 19.1. The molecule has 0 radical (unpaired) electrons. The highest BCUT2D eigenvalue weighted by molar-refractivity contribution is 5.99. The fourth-order valence-corrected chi connectivity index (χ4v) is 2.42. The van der Waals surface area contributed by atoms with E-state index in [0.717, 1.165) is 5.56 Å². The Bertz CT molecular complexity index is 802. The predicted octanol–water partition coefficient (Wildman–Crippen LogP) is 2.72. The molecule has 2 rings (SSSR count). The van der Waals surface area contributed by atoms with Crippen LogP contribution in [0.2, 0.25) is 0 Å². The van der Waals surface area contributed by atoms with E-state index in [1.807, 2.05) is 0 Å². The van der Waals surface area contributed by atoms with Crippen molar-refractivity contribution in [1.82, 2.24) is 5.32 Å². The molecule has 0 saturated heterocycles. The molecule has 0 spiro atoms. The Kier molecular flexibility index (Phi) is 6.43. The number of hydrogen-bond acceptors (Lipinski definition) is 3. The first-order chi connectivity index (χ1) is 12.3. The maximum Gasteiger partial charge on any atom is 0.251 e. The molecule has 3 amide bonds.